The summed E-state index contributed by atoms with van der Waals surface area (Å²) in [6.07, 6.45) is 6.41. The molecule has 1 unspecified atom stereocenters. The highest BCUT2D eigenvalue weighted by molar-refractivity contribution is 5.60. The van der Waals surface area contributed by atoms with E-state index in [1.807, 2.05) is 0 Å². The molecule has 1 saturated heterocycles. The Labute approximate surface area is 104 Å². The molecule has 92 valence electrons. The lowest BCUT2D eigenvalue weighted by molar-refractivity contribution is 0.626. The summed E-state index contributed by atoms with van der Waals surface area (Å²) in [6.45, 7) is 3.30. The molecule has 0 bridgehead atoms. The molecule has 3 rings (SSSR count). The summed E-state index contributed by atoms with van der Waals surface area (Å²) in [4.78, 5) is 2.58. The Morgan fingerprint density at radius 1 is 1.24 bits per heavy atom. The molecule has 1 aliphatic carbocycles. The van der Waals surface area contributed by atoms with E-state index in [4.69, 9.17) is 5.73 Å². The molecule has 0 aromatic heterocycles. The molecule has 0 radical (unpaired) electrons. The van der Waals surface area contributed by atoms with E-state index in [0.29, 0.717) is 5.92 Å². The van der Waals surface area contributed by atoms with Crippen molar-refractivity contribution in [3.63, 3.8) is 0 Å². The number of nitrogens with two attached hydrogens (primary N) is 1. The van der Waals surface area contributed by atoms with E-state index in [9.17, 15) is 0 Å². The lowest BCUT2D eigenvalue weighted by Gasteiger charge is -2.24. The summed E-state index contributed by atoms with van der Waals surface area (Å²) in [6, 6.07) is 6.86. The average Bonchev–Trinajstić information content (AvgIpc) is 2.98. The van der Waals surface area contributed by atoms with Crippen molar-refractivity contribution in [3.8, 4) is 0 Å². The Hall–Kier alpha value is -1.02. The minimum Gasteiger partial charge on any atom is -0.371 e. The zero-order valence-electron chi connectivity index (χ0n) is 10.5. The summed E-state index contributed by atoms with van der Waals surface area (Å²) < 4.78 is 0. The van der Waals surface area contributed by atoms with Gasteiger partial charge in [-0.3, -0.25) is 0 Å². The normalized spacial score (nSPS) is 23.1. The predicted molar refractivity (Wildman–Crippen MR) is 72.6 cm³/mol. The smallest absolute Gasteiger partial charge is 0.0404 e. The van der Waals surface area contributed by atoms with Crippen molar-refractivity contribution in [2.45, 2.75) is 38.0 Å². The summed E-state index contributed by atoms with van der Waals surface area (Å²) in [5, 5.41) is 0. The Bertz CT molecular complexity index is 392. The van der Waals surface area contributed by atoms with Crippen LogP contribution in [0.25, 0.3) is 0 Å². The molecule has 1 aliphatic heterocycles. The van der Waals surface area contributed by atoms with Gasteiger partial charge in [0.1, 0.15) is 0 Å². The fourth-order valence-corrected chi connectivity index (χ4v) is 3.49. The van der Waals surface area contributed by atoms with Crippen LogP contribution >= 0.6 is 0 Å². The predicted octanol–water partition coefficient (Wildman–Crippen LogP) is 2.67. The Morgan fingerprint density at radius 2 is 2.06 bits per heavy atom. The Kier molecular flexibility index (Phi) is 3.06. The maximum Gasteiger partial charge on any atom is 0.0404 e. The minimum absolute atomic E-state index is 0.715. The first-order valence-electron chi connectivity index (χ1n) is 6.97. The highest BCUT2D eigenvalue weighted by atomic mass is 15.1. The molecule has 1 heterocycles. The number of nitrogens with zero attached hydrogens (tertiary/aromatic N) is 1. The first-order chi connectivity index (χ1) is 8.40. The van der Waals surface area contributed by atoms with Crippen LogP contribution in [-0.4, -0.2) is 19.6 Å². The first kappa shape index (κ1) is 11.1. The zero-order chi connectivity index (χ0) is 11.7. The van der Waals surface area contributed by atoms with E-state index in [-0.39, 0.29) is 0 Å². The summed E-state index contributed by atoms with van der Waals surface area (Å²) in [5.74, 6) is 0.715. The molecule has 2 aliphatic rings. The second-order valence-corrected chi connectivity index (χ2v) is 5.36. The van der Waals surface area contributed by atoms with Crippen LogP contribution in [0, 0.1) is 0 Å². The van der Waals surface area contributed by atoms with Crippen LogP contribution in [0.1, 0.15) is 42.7 Å². The third-order valence-corrected chi connectivity index (χ3v) is 4.31. The monoisotopic (exact) mass is 230 g/mol. The van der Waals surface area contributed by atoms with Crippen LogP contribution in [0.3, 0.4) is 0 Å². The second-order valence-electron chi connectivity index (χ2n) is 5.36. The lowest BCUT2D eigenvalue weighted by atomic mass is 9.95. The summed E-state index contributed by atoms with van der Waals surface area (Å²) in [5.41, 5.74) is 10.5. The van der Waals surface area contributed by atoms with Gasteiger partial charge >= 0.3 is 0 Å². The van der Waals surface area contributed by atoms with Crippen molar-refractivity contribution in [3.05, 3.63) is 29.3 Å². The van der Waals surface area contributed by atoms with E-state index in [1.165, 1.54) is 44.5 Å². The van der Waals surface area contributed by atoms with Gasteiger partial charge < -0.3 is 10.6 Å². The van der Waals surface area contributed by atoms with Crippen LogP contribution < -0.4 is 10.6 Å². The van der Waals surface area contributed by atoms with Crippen LogP contribution in [0.5, 0.6) is 0 Å². The number of hydrogen-bond donors (Lipinski definition) is 1. The number of benzene rings is 1. The van der Waals surface area contributed by atoms with Gasteiger partial charge in [0.05, 0.1) is 0 Å². The van der Waals surface area contributed by atoms with E-state index in [2.05, 4.69) is 23.1 Å². The van der Waals surface area contributed by atoms with Gasteiger partial charge in [0.15, 0.2) is 0 Å². The van der Waals surface area contributed by atoms with Gasteiger partial charge in [-0.05, 0) is 61.8 Å². The molecule has 0 saturated carbocycles. The number of aryl methyl sites for hydroxylation is 1. The van der Waals surface area contributed by atoms with E-state index < -0.39 is 0 Å². The van der Waals surface area contributed by atoms with Gasteiger partial charge in [-0.15, -0.1) is 0 Å². The highest BCUT2D eigenvalue weighted by Gasteiger charge is 2.27. The van der Waals surface area contributed by atoms with Gasteiger partial charge in [-0.1, -0.05) is 12.1 Å². The zero-order valence-corrected chi connectivity index (χ0v) is 10.5. The fraction of sp³-hybridized carbons (Fsp3) is 0.600. The molecular weight excluding hydrogens is 208 g/mol. The Morgan fingerprint density at radius 3 is 2.82 bits per heavy atom. The molecule has 0 spiro atoms. The molecule has 1 atom stereocenters. The van der Waals surface area contributed by atoms with Crippen LogP contribution in [0.2, 0.25) is 0 Å². The van der Waals surface area contributed by atoms with Gasteiger partial charge in [-0.2, -0.15) is 0 Å². The van der Waals surface area contributed by atoms with Gasteiger partial charge in [0.25, 0.3) is 0 Å². The standard InChI is InChI=1S/C15H22N2/c16-9-8-13-7-6-12-4-3-5-14(15(12)13)17-10-1-2-11-17/h3-5,13H,1-2,6-11,16H2. The molecule has 2 N–H and O–H groups in total. The molecular formula is C15H22N2. The minimum atomic E-state index is 0.715. The quantitative estimate of drug-likeness (QED) is 0.865. The topological polar surface area (TPSA) is 29.3 Å². The average molecular weight is 230 g/mol. The molecule has 1 fully saturated rings. The van der Waals surface area contributed by atoms with E-state index in [1.54, 1.807) is 11.1 Å². The van der Waals surface area contributed by atoms with Gasteiger partial charge in [-0.25, -0.2) is 0 Å². The third kappa shape index (κ3) is 1.95. The number of hydrogen-bond acceptors (Lipinski definition) is 2. The van der Waals surface area contributed by atoms with Crippen LogP contribution in [0.15, 0.2) is 18.2 Å². The molecule has 17 heavy (non-hydrogen) atoms. The SMILES string of the molecule is NCCC1CCc2cccc(N3CCCC3)c21. The van der Waals surface area contributed by atoms with Crippen molar-refractivity contribution in [2.75, 3.05) is 24.5 Å². The van der Waals surface area contributed by atoms with E-state index in [0.717, 1.165) is 13.0 Å². The van der Waals surface area contributed by atoms with Crippen LogP contribution in [0.4, 0.5) is 5.69 Å². The third-order valence-electron chi connectivity index (χ3n) is 4.31. The molecule has 2 nitrogen and oxygen atoms in total. The highest BCUT2D eigenvalue weighted by Crippen LogP contribution is 2.42. The number of rotatable bonds is 3. The van der Waals surface area contributed by atoms with Crippen molar-refractivity contribution in [2.24, 2.45) is 5.73 Å². The van der Waals surface area contributed by atoms with Crippen molar-refractivity contribution in [1.82, 2.24) is 0 Å². The molecule has 1 aromatic rings. The van der Waals surface area contributed by atoms with Crippen molar-refractivity contribution < 1.29 is 0 Å². The molecule has 1 aromatic carbocycles. The lowest BCUT2D eigenvalue weighted by Crippen LogP contribution is -2.20. The fourth-order valence-electron chi connectivity index (χ4n) is 3.49. The van der Waals surface area contributed by atoms with Crippen molar-refractivity contribution >= 4 is 5.69 Å². The van der Waals surface area contributed by atoms with E-state index >= 15 is 0 Å². The molecule has 0 amide bonds. The summed E-state index contributed by atoms with van der Waals surface area (Å²) >= 11 is 0. The second kappa shape index (κ2) is 4.69. The van der Waals surface area contributed by atoms with Gasteiger partial charge in [0, 0.05) is 18.8 Å². The Balaban J connectivity index is 1.96. The molecule has 2 heteroatoms. The maximum absolute atomic E-state index is 5.76. The largest absolute Gasteiger partial charge is 0.371 e. The first-order valence-corrected chi connectivity index (χ1v) is 6.97. The van der Waals surface area contributed by atoms with Crippen LogP contribution in [-0.2, 0) is 6.42 Å². The maximum atomic E-state index is 5.76. The van der Waals surface area contributed by atoms with Crippen molar-refractivity contribution in [1.29, 1.82) is 0 Å². The van der Waals surface area contributed by atoms with Gasteiger partial charge in [0.2, 0.25) is 0 Å². The summed E-state index contributed by atoms with van der Waals surface area (Å²) in [7, 11) is 0. The number of anilines is 1. The number of fused-ring (bicyclic) bond motifs is 1.